The van der Waals surface area contributed by atoms with E-state index in [0.29, 0.717) is 0 Å². The second kappa shape index (κ2) is 6.53. The Morgan fingerprint density at radius 2 is 1.94 bits per heavy atom. The molecule has 1 aromatic rings. The van der Waals surface area contributed by atoms with Gasteiger partial charge in [-0.05, 0) is 45.7 Å². The van der Waals surface area contributed by atoms with Crippen LogP contribution in [0.4, 0.5) is 0 Å². The maximum Gasteiger partial charge on any atom is 0.0662 e. The Labute approximate surface area is 114 Å². The van der Waals surface area contributed by atoms with Crippen LogP contribution in [0.15, 0.2) is 24.3 Å². The highest BCUT2D eigenvalue weighted by atomic mass is 127. The normalized spacial score (nSPS) is 10.8. The highest BCUT2D eigenvalue weighted by molar-refractivity contribution is 14.2. The summed E-state index contributed by atoms with van der Waals surface area (Å²) in [6, 6.07) is 8.34. The number of hydrogen-bond donors (Lipinski definition) is 0. The third-order valence-electron chi connectivity index (χ3n) is 2.37. The molecule has 0 spiro atoms. The lowest BCUT2D eigenvalue weighted by atomic mass is 9.98. The fraction of sp³-hybridized carbons (Fsp3) is 0.385. The standard InChI is InChI=1S/C13H15IOS/c1-13(2,15-3)10-12-6-4-11(5-7-12)8-9-16-14/h4-7H,10H2,1-3H3. The molecular weight excluding hydrogens is 331 g/mol. The maximum atomic E-state index is 5.40. The van der Waals surface area contributed by atoms with Crippen molar-refractivity contribution in [2.45, 2.75) is 25.9 Å². The van der Waals surface area contributed by atoms with Crippen LogP contribution in [0.1, 0.15) is 25.0 Å². The lowest BCUT2D eigenvalue weighted by Crippen LogP contribution is -2.25. The quantitative estimate of drug-likeness (QED) is 0.603. The van der Waals surface area contributed by atoms with Gasteiger partial charge in [-0.3, -0.25) is 0 Å². The molecule has 0 amide bonds. The van der Waals surface area contributed by atoms with Gasteiger partial charge >= 0.3 is 0 Å². The molecule has 86 valence electrons. The Bertz CT molecular complexity index is 387. The molecule has 0 heterocycles. The van der Waals surface area contributed by atoms with Crippen molar-refractivity contribution in [3.8, 4) is 11.2 Å². The lowest BCUT2D eigenvalue weighted by molar-refractivity contribution is 0.0232. The van der Waals surface area contributed by atoms with E-state index in [1.807, 2.05) is 0 Å². The lowest BCUT2D eigenvalue weighted by Gasteiger charge is -2.22. The van der Waals surface area contributed by atoms with E-state index in [0.717, 1.165) is 12.0 Å². The van der Waals surface area contributed by atoms with Gasteiger partial charge in [-0.25, -0.2) is 0 Å². The van der Waals surface area contributed by atoms with E-state index < -0.39 is 0 Å². The first-order valence-corrected chi connectivity index (χ1v) is 8.36. The zero-order valence-corrected chi connectivity index (χ0v) is 12.7. The number of methoxy groups -OCH3 is 1. The molecule has 1 nitrogen and oxygen atoms in total. The van der Waals surface area contributed by atoms with Crippen molar-refractivity contribution < 1.29 is 4.74 Å². The summed E-state index contributed by atoms with van der Waals surface area (Å²) in [6.45, 7) is 4.18. The van der Waals surface area contributed by atoms with Gasteiger partial charge in [0, 0.05) is 40.3 Å². The van der Waals surface area contributed by atoms with Gasteiger partial charge in [0.1, 0.15) is 0 Å². The Morgan fingerprint density at radius 3 is 2.44 bits per heavy atom. The van der Waals surface area contributed by atoms with Crippen molar-refractivity contribution in [1.82, 2.24) is 0 Å². The zero-order chi connectivity index (χ0) is 12.0. The SMILES string of the molecule is COC(C)(C)Cc1ccc(C#CSI)cc1. The topological polar surface area (TPSA) is 9.23 Å². The minimum absolute atomic E-state index is 0.106. The molecule has 0 aromatic heterocycles. The van der Waals surface area contributed by atoms with Crippen LogP contribution in [0.5, 0.6) is 0 Å². The van der Waals surface area contributed by atoms with Crippen LogP contribution in [0.3, 0.4) is 0 Å². The summed E-state index contributed by atoms with van der Waals surface area (Å²) >= 11 is 2.17. The average molecular weight is 346 g/mol. The first-order valence-electron chi connectivity index (χ1n) is 5.00. The summed E-state index contributed by atoms with van der Waals surface area (Å²) in [5.74, 6) is 3.07. The molecule has 0 aliphatic carbocycles. The van der Waals surface area contributed by atoms with Gasteiger partial charge in [0.2, 0.25) is 0 Å². The number of halogens is 1. The van der Waals surface area contributed by atoms with E-state index in [1.54, 1.807) is 7.11 Å². The molecule has 0 saturated heterocycles. The van der Waals surface area contributed by atoms with Gasteiger partial charge in [0.05, 0.1) is 5.60 Å². The molecule has 0 aliphatic rings. The number of benzene rings is 1. The predicted molar refractivity (Wildman–Crippen MR) is 79.7 cm³/mol. The van der Waals surface area contributed by atoms with Crippen molar-refractivity contribution in [2.24, 2.45) is 0 Å². The fourth-order valence-corrected chi connectivity index (χ4v) is 1.83. The van der Waals surface area contributed by atoms with Crippen LogP contribution in [0, 0.1) is 11.2 Å². The van der Waals surface area contributed by atoms with Gasteiger partial charge in [0.15, 0.2) is 0 Å². The molecule has 1 rings (SSSR count). The molecule has 0 radical (unpaired) electrons. The van der Waals surface area contributed by atoms with E-state index >= 15 is 0 Å². The third-order valence-corrected chi connectivity index (χ3v) is 3.21. The van der Waals surface area contributed by atoms with E-state index in [-0.39, 0.29) is 5.60 Å². The summed E-state index contributed by atoms with van der Waals surface area (Å²) in [4.78, 5) is 0. The van der Waals surface area contributed by atoms with E-state index in [9.17, 15) is 0 Å². The Hall–Kier alpha value is -0.180. The summed E-state index contributed by atoms with van der Waals surface area (Å²) in [6.07, 6.45) is 0.915. The first kappa shape index (κ1) is 13.9. The molecule has 0 aliphatic heterocycles. The molecule has 0 unspecified atom stereocenters. The van der Waals surface area contributed by atoms with Gasteiger partial charge in [-0.2, -0.15) is 0 Å². The van der Waals surface area contributed by atoms with Crippen LogP contribution in [-0.4, -0.2) is 12.7 Å². The van der Waals surface area contributed by atoms with Crippen molar-refractivity contribution in [2.75, 3.05) is 7.11 Å². The summed E-state index contributed by atoms with van der Waals surface area (Å²) in [7, 11) is 3.25. The number of rotatable bonds is 3. The largest absolute Gasteiger partial charge is 0.378 e. The van der Waals surface area contributed by atoms with Gasteiger partial charge in [0.25, 0.3) is 0 Å². The van der Waals surface area contributed by atoms with Gasteiger partial charge in [-0.15, -0.1) is 0 Å². The molecule has 3 heteroatoms. The van der Waals surface area contributed by atoms with E-state index in [2.05, 4.69) is 70.5 Å². The fourth-order valence-electron chi connectivity index (χ4n) is 1.35. The minimum Gasteiger partial charge on any atom is -0.378 e. The average Bonchev–Trinajstić information content (AvgIpc) is 2.28. The monoisotopic (exact) mass is 346 g/mol. The Balaban J connectivity index is 2.72. The molecule has 0 fully saturated rings. The Morgan fingerprint density at radius 1 is 1.31 bits per heavy atom. The zero-order valence-electron chi connectivity index (χ0n) is 9.71. The minimum atomic E-state index is -0.106. The molecule has 0 bridgehead atoms. The summed E-state index contributed by atoms with van der Waals surface area (Å²) in [5.41, 5.74) is 2.23. The predicted octanol–water partition coefficient (Wildman–Crippen LogP) is 4.05. The second-order valence-corrected chi connectivity index (χ2v) is 5.82. The molecule has 0 N–H and O–H groups in total. The van der Waals surface area contributed by atoms with Gasteiger partial charge in [-0.1, -0.05) is 18.1 Å². The first-order chi connectivity index (χ1) is 7.57. The molecule has 16 heavy (non-hydrogen) atoms. The number of ether oxygens (including phenoxy) is 1. The smallest absolute Gasteiger partial charge is 0.0662 e. The molecule has 1 aromatic carbocycles. The van der Waals surface area contributed by atoms with Crippen LogP contribution >= 0.6 is 30.1 Å². The second-order valence-electron chi connectivity index (χ2n) is 4.14. The summed E-state index contributed by atoms with van der Waals surface area (Å²) < 4.78 is 5.40. The van der Waals surface area contributed by atoms with Crippen molar-refractivity contribution >= 4 is 30.1 Å². The van der Waals surface area contributed by atoms with E-state index in [1.165, 1.54) is 14.5 Å². The third kappa shape index (κ3) is 4.77. The molecule has 0 atom stereocenters. The van der Waals surface area contributed by atoms with E-state index in [4.69, 9.17) is 4.74 Å². The highest BCUT2D eigenvalue weighted by Crippen LogP contribution is 2.16. The van der Waals surface area contributed by atoms with Crippen molar-refractivity contribution in [3.63, 3.8) is 0 Å². The van der Waals surface area contributed by atoms with Crippen LogP contribution in [0.2, 0.25) is 0 Å². The van der Waals surface area contributed by atoms with Crippen molar-refractivity contribution in [3.05, 3.63) is 35.4 Å². The highest BCUT2D eigenvalue weighted by Gasteiger charge is 2.16. The van der Waals surface area contributed by atoms with Crippen LogP contribution in [0.25, 0.3) is 0 Å². The summed E-state index contributed by atoms with van der Waals surface area (Å²) in [5, 5.41) is 2.97. The van der Waals surface area contributed by atoms with Gasteiger partial charge < -0.3 is 4.74 Å². The van der Waals surface area contributed by atoms with Crippen LogP contribution in [-0.2, 0) is 11.2 Å². The molecular formula is C13H15IOS. The van der Waals surface area contributed by atoms with Crippen molar-refractivity contribution in [1.29, 1.82) is 0 Å². The molecule has 0 saturated carbocycles. The maximum absolute atomic E-state index is 5.40. The Kier molecular flexibility index (Phi) is 5.67. The van der Waals surface area contributed by atoms with Crippen LogP contribution < -0.4 is 0 Å². The number of hydrogen-bond acceptors (Lipinski definition) is 2.